The fourth-order valence-electron chi connectivity index (χ4n) is 2.96. The smallest absolute Gasteiger partial charge is 0.197 e. The van der Waals surface area contributed by atoms with Gasteiger partial charge in [0.2, 0.25) is 0 Å². The zero-order valence-electron chi connectivity index (χ0n) is 12.3. The molecule has 1 aliphatic carbocycles. The predicted octanol–water partition coefficient (Wildman–Crippen LogP) is 3.55. The molecule has 0 unspecified atom stereocenters. The zero-order valence-corrected chi connectivity index (χ0v) is 13.1. The monoisotopic (exact) mass is 291 g/mol. The first-order valence-electron chi connectivity index (χ1n) is 7.09. The second-order valence-electron chi connectivity index (χ2n) is 5.92. The number of aryl methyl sites for hydroxylation is 2. The normalized spacial score (nSPS) is 25.8. The van der Waals surface area contributed by atoms with Gasteiger partial charge in [0.05, 0.1) is 11.0 Å². The molecule has 1 aromatic rings. The summed E-state index contributed by atoms with van der Waals surface area (Å²) >= 11 is 0. The van der Waals surface area contributed by atoms with Gasteiger partial charge in [-0.3, -0.25) is 0 Å². The third kappa shape index (κ3) is 2.25. The molecule has 0 spiro atoms. The first-order valence-corrected chi connectivity index (χ1v) is 8.58. The summed E-state index contributed by atoms with van der Waals surface area (Å²) in [7, 11) is -3.57. The Morgan fingerprint density at radius 2 is 1.95 bits per heavy atom. The van der Waals surface area contributed by atoms with Crippen molar-refractivity contribution in [2.75, 3.05) is 0 Å². The summed E-state index contributed by atoms with van der Waals surface area (Å²) in [4.78, 5) is 0.289. The number of nitriles is 1. The Morgan fingerprint density at radius 1 is 1.30 bits per heavy atom. The number of sulfone groups is 1. The maximum absolute atomic E-state index is 12.8. The van der Waals surface area contributed by atoms with Gasteiger partial charge in [-0.2, -0.15) is 5.26 Å². The van der Waals surface area contributed by atoms with E-state index in [4.69, 9.17) is 0 Å². The maximum atomic E-state index is 12.8. The molecule has 20 heavy (non-hydrogen) atoms. The van der Waals surface area contributed by atoms with Gasteiger partial charge in [0, 0.05) is 0 Å². The van der Waals surface area contributed by atoms with Gasteiger partial charge >= 0.3 is 0 Å². The van der Waals surface area contributed by atoms with E-state index in [1.165, 1.54) is 0 Å². The highest BCUT2D eigenvalue weighted by Gasteiger charge is 2.54. The molecular weight excluding hydrogens is 270 g/mol. The molecule has 4 heteroatoms. The van der Waals surface area contributed by atoms with Gasteiger partial charge in [-0.1, -0.05) is 25.8 Å². The van der Waals surface area contributed by atoms with Crippen LogP contribution in [-0.2, 0) is 9.84 Å². The first-order chi connectivity index (χ1) is 9.36. The van der Waals surface area contributed by atoms with Gasteiger partial charge in [0.1, 0.15) is 0 Å². The Balaban J connectivity index is 2.35. The molecule has 1 fully saturated rings. The molecule has 1 aliphatic rings. The molecule has 1 aromatic carbocycles. The van der Waals surface area contributed by atoms with E-state index in [-0.39, 0.29) is 4.90 Å². The molecule has 0 aromatic heterocycles. The molecule has 1 saturated carbocycles. The molecule has 0 saturated heterocycles. The fraction of sp³-hybridized carbons (Fsp3) is 0.562. The maximum Gasteiger partial charge on any atom is 0.197 e. The second kappa shape index (κ2) is 5.21. The molecule has 108 valence electrons. The van der Waals surface area contributed by atoms with Crippen LogP contribution < -0.4 is 0 Å². The molecule has 0 heterocycles. The van der Waals surface area contributed by atoms with Crippen LogP contribution in [0.15, 0.2) is 23.1 Å². The lowest BCUT2D eigenvalue weighted by molar-refractivity contribution is 0.247. The lowest BCUT2D eigenvalue weighted by Gasteiger charge is -2.41. The summed E-state index contributed by atoms with van der Waals surface area (Å²) in [5.41, 5.74) is 2.01. The van der Waals surface area contributed by atoms with Crippen molar-refractivity contribution in [3.8, 4) is 6.07 Å². The van der Waals surface area contributed by atoms with Crippen LogP contribution in [0.4, 0.5) is 0 Å². The van der Waals surface area contributed by atoms with E-state index in [9.17, 15) is 13.7 Å². The van der Waals surface area contributed by atoms with Crippen molar-refractivity contribution in [2.24, 2.45) is 5.92 Å². The summed E-state index contributed by atoms with van der Waals surface area (Å²) in [5.74, 6) is 0.376. The molecule has 0 amide bonds. The zero-order chi connectivity index (χ0) is 15.0. The second-order valence-corrected chi connectivity index (χ2v) is 8.18. The van der Waals surface area contributed by atoms with E-state index in [0.29, 0.717) is 18.8 Å². The average Bonchev–Trinajstić information content (AvgIpc) is 2.36. The lowest BCUT2D eigenvalue weighted by atomic mass is 9.73. The molecule has 0 atom stereocenters. The molecule has 3 nitrogen and oxygen atoms in total. The van der Waals surface area contributed by atoms with Gasteiger partial charge < -0.3 is 0 Å². The van der Waals surface area contributed by atoms with Gasteiger partial charge in [0.25, 0.3) is 0 Å². The van der Waals surface area contributed by atoms with E-state index >= 15 is 0 Å². The fourth-order valence-corrected chi connectivity index (χ4v) is 5.02. The van der Waals surface area contributed by atoms with Crippen LogP contribution in [-0.4, -0.2) is 13.2 Å². The Bertz CT molecular complexity index is 650. The van der Waals surface area contributed by atoms with E-state index in [1.807, 2.05) is 19.9 Å². The predicted molar refractivity (Wildman–Crippen MR) is 79.1 cm³/mol. The highest BCUT2D eigenvalue weighted by Crippen LogP contribution is 2.48. The van der Waals surface area contributed by atoms with Crippen molar-refractivity contribution in [3.05, 3.63) is 29.3 Å². The van der Waals surface area contributed by atoms with E-state index in [0.717, 1.165) is 24.0 Å². The van der Waals surface area contributed by atoms with Crippen molar-refractivity contribution in [3.63, 3.8) is 0 Å². The standard InChI is InChI=1S/C16H21NO2S/c1-4-5-14-9-16(10-14,11-17)20(18,19)15-7-6-12(2)13(3)8-15/h6-8,14H,4-5,9-10H2,1-3H3. The van der Waals surface area contributed by atoms with Gasteiger partial charge in [0.15, 0.2) is 14.6 Å². The van der Waals surface area contributed by atoms with Crippen LogP contribution in [0.2, 0.25) is 0 Å². The topological polar surface area (TPSA) is 57.9 Å². The van der Waals surface area contributed by atoms with Gasteiger partial charge in [-0.05, 0) is 55.9 Å². The highest BCUT2D eigenvalue weighted by atomic mass is 32.2. The first kappa shape index (κ1) is 15.1. The van der Waals surface area contributed by atoms with E-state index in [2.05, 4.69) is 13.0 Å². The minimum Gasteiger partial charge on any atom is -0.222 e. The van der Waals surface area contributed by atoms with Crippen LogP contribution in [0.5, 0.6) is 0 Å². The van der Waals surface area contributed by atoms with Gasteiger partial charge in [-0.25, -0.2) is 8.42 Å². The largest absolute Gasteiger partial charge is 0.222 e. The molecular formula is C16H21NO2S. The number of rotatable bonds is 4. The van der Waals surface area contributed by atoms with Crippen molar-refractivity contribution in [2.45, 2.75) is 56.1 Å². The molecule has 0 radical (unpaired) electrons. The number of hydrogen-bond acceptors (Lipinski definition) is 3. The van der Waals surface area contributed by atoms with Crippen LogP contribution in [0.25, 0.3) is 0 Å². The third-order valence-electron chi connectivity index (χ3n) is 4.44. The van der Waals surface area contributed by atoms with E-state index < -0.39 is 14.6 Å². The van der Waals surface area contributed by atoms with Crippen LogP contribution >= 0.6 is 0 Å². The molecule has 0 N–H and O–H groups in total. The SMILES string of the molecule is CCCC1CC(C#N)(S(=O)(=O)c2ccc(C)c(C)c2)C1. The minimum absolute atomic E-state index is 0.289. The summed E-state index contributed by atoms with van der Waals surface area (Å²) in [6, 6.07) is 7.22. The molecule has 2 rings (SSSR count). The van der Waals surface area contributed by atoms with Crippen LogP contribution in [0.1, 0.15) is 43.7 Å². The summed E-state index contributed by atoms with van der Waals surface area (Å²) < 4.78 is 24.3. The number of benzene rings is 1. The summed E-state index contributed by atoms with van der Waals surface area (Å²) in [6.07, 6.45) is 3.00. The number of hydrogen-bond donors (Lipinski definition) is 0. The van der Waals surface area contributed by atoms with Crippen molar-refractivity contribution < 1.29 is 8.42 Å². The van der Waals surface area contributed by atoms with Crippen molar-refractivity contribution in [1.82, 2.24) is 0 Å². The van der Waals surface area contributed by atoms with Crippen LogP contribution in [0, 0.1) is 31.1 Å². The third-order valence-corrected chi connectivity index (χ3v) is 6.77. The van der Waals surface area contributed by atoms with Crippen molar-refractivity contribution in [1.29, 1.82) is 5.26 Å². The highest BCUT2D eigenvalue weighted by molar-refractivity contribution is 7.93. The Labute approximate surface area is 121 Å². The van der Waals surface area contributed by atoms with Crippen LogP contribution in [0.3, 0.4) is 0 Å². The Hall–Kier alpha value is -1.34. The van der Waals surface area contributed by atoms with E-state index in [1.54, 1.807) is 12.1 Å². The molecule has 0 bridgehead atoms. The summed E-state index contributed by atoms with van der Waals surface area (Å²) in [6.45, 7) is 5.94. The Morgan fingerprint density at radius 3 is 2.45 bits per heavy atom. The number of nitrogens with zero attached hydrogens (tertiary/aromatic N) is 1. The minimum atomic E-state index is -3.57. The Kier molecular flexibility index (Phi) is 3.93. The van der Waals surface area contributed by atoms with Crippen molar-refractivity contribution >= 4 is 9.84 Å². The quantitative estimate of drug-likeness (QED) is 0.852. The average molecular weight is 291 g/mol. The lowest BCUT2D eigenvalue weighted by Crippen LogP contribution is -2.49. The molecule has 0 aliphatic heterocycles. The summed E-state index contributed by atoms with van der Waals surface area (Å²) in [5, 5.41) is 9.41. The van der Waals surface area contributed by atoms with Gasteiger partial charge in [-0.15, -0.1) is 0 Å².